The van der Waals surface area contributed by atoms with Crippen LogP contribution in [0.5, 0.6) is 0 Å². The van der Waals surface area contributed by atoms with Crippen molar-refractivity contribution >= 4 is 33.4 Å². The molecular formula is C27H34BrN3O3. The van der Waals surface area contributed by atoms with E-state index in [4.69, 9.17) is 0 Å². The van der Waals surface area contributed by atoms with Gasteiger partial charge in [0.25, 0.3) is 11.7 Å². The molecule has 0 bridgehead atoms. The lowest BCUT2D eigenvalue weighted by atomic mass is 9.96. The van der Waals surface area contributed by atoms with E-state index in [0.717, 1.165) is 56.2 Å². The number of hydrogen-bond acceptors (Lipinski definition) is 5. The number of aliphatic hydroxyl groups excluding tert-OH is 1. The predicted octanol–water partition coefficient (Wildman–Crippen LogP) is 5.56. The third-order valence-corrected chi connectivity index (χ3v) is 6.72. The highest BCUT2D eigenvalue weighted by Gasteiger charge is 2.45. The molecule has 3 rings (SSSR count). The minimum Gasteiger partial charge on any atom is -0.507 e. The quantitative estimate of drug-likeness (QED) is 0.222. The van der Waals surface area contributed by atoms with Gasteiger partial charge in [0.1, 0.15) is 5.76 Å². The summed E-state index contributed by atoms with van der Waals surface area (Å²) in [6.45, 7) is 7.79. The number of pyridine rings is 1. The van der Waals surface area contributed by atoms with Gasteiger partial charge < -0.3 is 14.9 Å². The van der Waals surface area contributed by atoms with Crippen LogP contribution in [0, 0.1) is 0 Å². The summed E-state index contributed by atoms with van der Waals surface area (Å²) in [6, 6.07) is 10.0. The van der Waals surface area contributed by atoms with E-state index in [2.05, 4.69) is 39.7 Å². The van der Waals surface area contributed by atoms with Crippen LogP contribution in [-0.4, -0.2) is 57.8 Å². The lowest BCUT2D eigenvalue weighted by Gasteiger charge is -2.27. The Morgan fingerprint density at radius 2 is 1.68 bits per heavy atom. The number of aliphatic hydroxyl groups is 1. The Bertz CT molecular complexity index is 984. The smallest absolute Gasteiger partial charge is 0.295 e. The van der Waals surface area contributed by atoms with E-state index >= 15 is 0 Å². The minimum absolute atomic E-state index is 0.120. The number of unbranched alkanes of at least 4 members (excludes halogenated alkanes) is 2. The molecule has 0 spiro atoms. The molecule has 2 heterocycles. The van der Waals surface area contributed by atoms with Gasteiger partial charge >= 0.3 is 0 Å². The second kappa shape index (κ2) is 12.8. The highest BCUT2D eigenvalue weighted by Crippen LogP contribution is 2.39. The molecule has 1 fully saturated rings. The summed E-state index contributed by atoms with van der Waals surface area (Å²) < 4.78 is 0.865. The normalized spacial score (nSPS) is 17.6. The molecule has 1 unspecified atom stereocenters. The van der Waals surface area contributed by atoms with Crippen LogP contribution in [0.2, 0.25) is 0 Å². The topological polar surface area (TPSA) is 73.7 Å². The Kier molecular flexibility index (Phi) is 9.84. The van der Waals surface area contributed by atoms with Gasteiger partial charge in [0.15, 0.2) is 0 Å². The van der Waals surface area contributed by atoms with Gasteiger partial charge in [0.2, 0.25) is 0 Å². The number of likely N-dealkylation sites (tertiary alicyclic amines) is 1. The average Bonchev–Trinajstić information content (AvgIpc) is 3.11. The Morgan fingerprint density at radius 1 is 1.03 bits per heavy atom. The number of aromatic nitrogens is 1. The Hall–Kier alpha value is -2.51. The molecule has 1 saturated heterocycles. The number of benzene rings is 1. The van der Waals surface area contributed by atoms with E-state index < -0.39 is 17.7 Å². The first-order chi connectivity index (χ1) is 16.5. The second-order valence-electron chi connectivity index (χ2n) is 8.69. The van der Waals surface area contributed by atoms with Crippen LogP contribution in [0.3, 0.4) is 0 Å². The van der Waals surface area contributed by atoms with Crippen LogP contribution in [0.15, 0.2) is 58.8 Å². The fourth-order valence-corrected chi connectivity index (χ4v) is 4.59. The van der Waals surface area contributed by atoms with Crippen LogP contribution < -0.4 is 0 Å². The molecule has 182 valence electrons. The van der Waals surface area contributed by atoms with Crippen molar-refractivity contribution in [3.8, 4) is 0 Å². The van der Waals surface area contributed by atoms with Crippen LogP contribution in [0.4, 0.5) is 0 Å². The fraction of sp³-hybridized carbons (Fsp3) is 0.444. The second-order valence-corrected chi connectivity index (χ2v) is 9.60. The van der Waals surface area contributed by atoms with Crippen LogP contribution in [0.25, 0.3) is 5.76 Å². The summed E-state index contributed by atoms with van der Waals surface area (Å²) in [5.41, 5.74) is 1.34. The van der Waals surface area contributed by atoms with E-state index in [-0.39, 0.29) is 11.3 Å². The molecule has 1 amide bonds. The molecule has 34 heavy (non-hydrogen) atoms. The van der Waals surface area contributed by atoms with Gasteiger partial charge in [-0.15, -0.1) is 0 Å². The molecule has 1 aliphatic heterocycles. The summed E-state index contributed by atoms with van der Waals surface area (Å²) in [4.78, 5) is 34.5. The molecule has 1 N–H and O–H groups in total. The Labute approximate surface area is 210 Å². The number of Topliss-reactive ketones (excluding diaryl/α,β-unsaturated/α-hetero) is 1. The van der Waals surface area contributed by atoms with Crippen LogP contribution in [0.1, 0.15) is 63.1 Å². The first-order valence-corrected chi connectivity index (χ1v) is 12.9. The summed E-state index contributed by atoms with van der Waals surface area (Å²) in [5.74, 6) is -1.38. The van der Waals surface area contributed by atoms with Gasteiger partial charge in [-0.1, -0.05) is 60.8 Å². The number of carbonyl (C=O) groups excluding carboxylic acids is 2. The van der Waals surface area contributed by atoms with E-state index in [0.29, 0.717) is 17.7 Å². The van der Waals surface area contributed by atoms with Crippen molar-refractivity contribution in [1.82, 2.24) is 14.8 Å². The highest BCUT2D eigenvalue weighted by atomic mass is 79.9. The van der Waals surface area contributed by atoms with Crippen molar-refractivity contribution in [2.24, 2.45) is 0 Å². The SMILES string of the molecule is CCCCN(CCCC)CCCN1C(=O)C(=O)/C(=C(\O)c2ccc(Br)cc2)C1c1cccnc1. The number of ketones is 1. The number of hydrogen-bond donors (Lipinski definition) is 1. The van der Waals surface area contributed by atoms with E-state index in [1.165, 1.54) is 0 Å². The molecule has 2 aromatic rings. The fourth-order valence-electron chi connectivity index (χ4n) is 4.32. The minimum atomic E-state index is -0.655. The maximum atomic E-state index is 13.1. The average molecular weight is 528 g/mol. The largest absolute Gasteiger partial charge is 0.507 e. The summed E-state index contributed by atoms with van der Waals surface area (Å²) in [7, 11) is 0. The molecule has 1 aromatic heterocycles. The number of amides is 1. The first kappa shape index (κ1) is 26.1. The number of nitrogens with zero attached hydrogens (tertiary/aromatic N) is 3. The number of rotatable bonds is 12. The van der Waals surface area contributed by atoms with E-state index in [1.807, 2.05) is 6.07 Å². The lowest BCUT2D eigenvalue weighted by molar-refractivity contribution is -0.140. The molecule has 7 heteroatoms. The molecule has 1 aromatic carbocycles. The van der Waals surface area contributed by atoms with Gasteiger partial charge in [0.05, 0.1) is 11.6 Å². The molecule has 0 radical (unpaired) electrons. The molecule has 1 atom stereocenters. The van der Waals surface area contributed by atoms with Gasteiger partial charge in [-0.25, -0.2) is 0 Å². The Morgan fingerprint density at radius 3 is 2.26 bits per heavy atom. The van der Waals surface area contributed by atoms with E-state index in [9.17, 15) is 14.7 Å². The first-order valence-electron chi connectivity index (χ1n) is 12.1. The third kappa shape index (κ3) is 6.33. The predicted molar refractivity (Wildman–Crippen MR) is 138 cm³/mol. The van der Waals surface area contributed by atoms with Gasteiger partial charge in [-0.05, 0) is 62.7 Å². The molecule has 6 nitrogen and oxygen atoms in total. The van der Waals surface area contributed by atoms with Crippen LogP contribution in [-0.2, 0) is 9.59 Å². The van der Waals surface area contributed by atoms with Crippen molar-refractivity contribution in [3.63, 3.8) is 0 Å². The molecule has 1 aliphatic rings. The summed E-state index contributed by atoms with van der Waals surface area (Å²) in [6.07, 6.45) is 8.67. The third-order valence-electron chi connectivity index (χ3n) is 6.19. The maximum Gasteiger partial charge on any atom is 0.295 e. The molecule has 0 saturated carbocycles. The van der Waals surface area contributed by atoms with Crippen molar-refractivity contribution in [3.05, 3.63) is 70.0 Å². The van der Waals surface area contributed by atoms with E-state index in [1.54, 1.807) is 47.6 Å². The molecule has 0 aliphatic carbocycles. The van der Waals surface area contributed by atoms with Crippen molar-refractivity contribution in [1.29, 1.82) is 0 Å². The van der Waals surface area contributed by atoms with Crippen molar-refractivity contribution < 1.29 is 14.7 Å². The zero-order valence-electron chi connectivity index (χ0n) is 20.0. The van der Waals surface area contributed by atoms with Crippen LogP contribution >= 0.6 is 15.9 Å². The summed E-state index contributed by atoms with van der Waals surface area (Å²) >= 11 is 3.39. The van der Waals surface area contributed by atoms with Crippen molar-refractivity contribution in [2.45, 2.75) is 52.0 Å². The number of carbonyl (C=O) groups is 2. The standard InChI is InChI=1S/C27H34BrN3O3/c1-3-5-15-30(16-6-4-2)17-8-18-31-24(21-9-7-14-29-19-21)23(26(33)27(31)34)25(32)20-10-12-22(28)13-11-20/h7,9-14,19,24,32H,3-6,8,15-18H2,1-2H3/b25-23-. The Balaban J connectivity index is 1.87. The maximum absolute atomic E-state index is 13.1. The zero-order chi connectivity index (χ0) is 24.5. The zero-order valence-corrected chi connectivity index (χ0v) is 21.6. The lowest BCUT2D eigenvalue weighted by Crippen LogP contribution is -2.34. The highest BCUT2D eigenvalue weighted by molar-refractivity contribution is 9.10. The van der Waals surface area contributed by atoms with Gasteiger partial charge in [-0.3, -0.25) is 14.6 Å². The van der Waals surface area contributed by atoms with Gasteiger partial charge in [0, 0.05) is 29.0 Å². The summed E-state index contributed by atoms with van der Waals surface area (Å²) in [5, 5.41) is 11.1. The van der Waals surface area contributed by atoms with Gasteiger partial charge in [-0.2, -0.15) is 0 Å². The molecular weight excluding hydrogens is 494 g/mol. The van der Waals surface area contributed by atoms with Crippen molar-refractivity contribution in [2.75, 3.05) is 26.2 Å². The monoisotopic (exact) mass is 527 g/mol. The number of halogens is 1.